The molecule has 20 heavy (non-hydrogen) atoms. The van der Waals surface area contributed by atoms with Crippen LogP contribution in [0, 0.1) is 0 Å². The summed E-state index contributed by atoms with van der Waals surface area (Å²) in [6.07, 6.45) is 1.76. The van der Waals surface area contributed by atoms with Gasteiger partial charge in [-0.25, -0.2) is 4.79 Å². The van der Waals surface area contributed by atoms with Crippen LogP contribution in [0.2, 0.25) is 0 Å². The number of alkyl carbamates (subject to hydrolysis) is 1. The van der Waals surface area contributed by atoms with Crippen LogP contribution in [0.3, 0.4) is 0 Å². The van der Waals surface area contributed by atoms with Crippen molar-refractivity contribution in [3.8, 4) is 0 Å². The fourth-order valence-electron chi connectivity index (χ4n) is 2.19. The Morgan fingerprint density at radius 3 is 2.50 bits per heavy atom. The van der Waals surface area contributed by atoms with Crippen molar-refractivity contribution in [3.05, 3.63) is 0 Å². The minimum atomic E-state index is -0.762. The lowest BCUT2D eigenvalue weighted by Crippen LogP contribution is -2.50. The van der Waals surface area contributed by atoms with Crippen LogP contribution in [-0.2, 0) is 19.1 Å². The maximum Gasteiger partial charge on any atom is 0.413 e. The van der Waals surface area contributed by atoms with Crippen LogP contribution < -0.4 is 5.32 Å². The van der Waals surface area contributed by atoms with Crippen LogP contribution >= 0.6 is 0 Å². The minimum absolute atomic E-state index is 0.0116. The molecule has 1 rings (SSSR count). The van der Waals surface area contributed by atoms with E-state index < -0.39 is 18.0 Å². The highest BCUT2D eigenvalue weighted by atomic mass is 16.5. The molecule has 0 aromatic carbocycles. The maximum atomic E-state index is 11.8. The minimum Gasteiger partial charge on any atom is -0.465 e. The summed E-state index contributed by atoms with van der Waals surface area (Å²) in [5.41, 5.74) is 0. The molecule has 1 unspecified atom stereocenters. The zero-order valence-electron chi connectivity index (χ0n) is 12.0. The Morgan fingerprint density at radius 1 is 1.15 bits per heavy atom. The highest BCUT2D eigenvalue weighted by molar-refractivity contribution is 5.93. The van der Waals surface area contributed by atoms with Crippen molar-refractivity contribution in [1.29, 1.82) is 0 Å². The molecule has 1 atom stereocenters. The molecule has 114 valence electrons. The summed E-state index contributed by atoms with van der Waals surface area (Å²) >= 11 is 0. The van der Waals surface area contributed by atoms with Gasteiger partial charge in [0.2, 0.25) is 5.91 Å². The molecule has 7 heteroatoms. The van der Waals surface area contributed by atoms with Crippen molar-refractivity contribution < 1.29 is 23.9 Å². The number of carbonyl (C=O) groups excluding carboxylic acids is 3. The van der Waals surface area contributed by atoms with Crippen molar-refractivity contribution >= 4 is 18.0 Å². The lowest BCUT2D eigenvalue weighted by molar-refractivity contribution is -0.151. The second-order valence-electron chi connectivity index (χ2n) is 4.50. The van der Waals surface area contributed by atoms with E-state index in [1.54, 1.807) is 18.7 Å². The number of nitrogens with zero attached hydrogens (tertiary/aromatic N) is 1. The lowest BCUT2D eigenvalue weighted by Gasteiger charge is -2.33. The Kier molecular flexibility index (Phi) is 7.00. The van der Waals surface area contributed by atoms with Crippen LogP contribution in [0.1, 0.15) is 33.1 Å². The van der Waals surface area contributed by atoms with Crippen molar-refractivity contribution in [2.45, 2.75) is 39.2 Å². The van der Waals surface area contributed by atoms with Gasteiger partial charge >= 0.3 is 12.1 Å². The Hall–Kier alpha value is -1.63. The summed E-state index contributed by atoms with van der Waals surface area (Å²) in [5, 5.41) is 2.13. The van der Waals surface area contributed by atoms with Crippen LogP contribution in [0.15, 0.2) is 0 Å². The fraction of sp³-hybridized carbons (Fsp3) is 0.769. The molecule has 0 saturated carbocycles. The zero-order valence-corrected chi connectivity index (χ0v) is 12.0. The van der Waals surface area contributed by atoms with Crippen LogP contribution in [0.4, 0.5) is 4.79 Å². The number of likely N-dealkylation sites (tertiary alicyclic amines) is 1. The number of rotatable bonds is 5. The third-order valence-corrected chi connectivity index (χ3v) is 3.04. The highest BCUT2D eigenvalue weighted by Gasteiger charge is 2.31. The van der Waals surface area contributed by atoms with E-state index >= 15 is 0 Å². The average molecular weight is 286 g/mol. The van der Waals surface area contributed by atoms with E-state index in [1.165, 1.54) is 0 Å². The molecule has 0 bridgehead atoms. The Bertz CT molecular complexity index is 359. The van der Waals surface area contributed by atoms with Gasteiger partial charge in [0.05, 0.1) is 19.8 Å². The molecule has 7 nitrogen and oxygen atoms in total. The van der Waals surface area contributed by atoms with E-state index in [-0.39, 0.29) is 19.1 Å². The largest absolute Gasteiger partial charge is 0.465 e. The second-order valence-corrected chi connectivity index (χ2v) is 4.50. The molecule has 0 spiro atoms. The topological polar surface area (TPSA) is 84.9 Å². The summed E-state index contributed by atoms with van der Waals surface area (Å²) in [6.45, 7) is 4.55. The van der Waals surface area contributed by atoms with Gasteiger partial charge in [0.1, 0.15) is 6.04 Å². The molecular weight excluding hydrogens is 264 g/mol. The summed E-state index contributed by atoms with van der Waals surface area (Å²) in [4.78, 5) is 36.4. The van der Waals surface area contributed by atoms with Crippen molar-refractivity contribution in [2.24, 2.45) is 0 Å². The molecule has 1 N–H and O–H groups in total. The van der Waals surface area contributed by atoms with Crippen molar-refractivity contribution in [3.63, 3.8) is 0 Å². The van der Waals surface area contributed by atoms with Gasteiger partial charge < -0.3 is 9.47 Å². The molecule has 1 heterocycles. The number of hydrogen-bond acceptors (Lipinski definition) is 6. The Labute approximate surface area is 118 Å². The molecular formula is C13H22N2O5. The van der Waals surface area contributed by atoms with Gasteiger partial charge in [0, 0.05) is 0 Å². The molecule has 1 aliphatic heterocycles. The number of piperidine rings is 1. The summed E-state index contributed by atoms with van der Waals surface area (Å²) in [7, 11) is 0. The summed E-state index contributed by atoms with van der Waals surface area (Å²) in [6, 6.07) is -0.406. The molecule has 0 aliphatic carbocycles. The van der Waals surface area contributed by atoms with Crippen molar-refractivity contribution in [2.75, 3.05) is 26.3 Å². The number of amides is 2. The van der Waals surface area contributed by atoms with E-state index in [2.05, 4.69) is 10.1 Å². The van der Waals surface area contributed by atoms with E-state index in [9.17, 15) is 14.4 Å². The lowest BCUT2D eigenvalue weighted by atomic mass is 10.0. The first-order chi connectivity index (χ1) is 9.58. The second kappa shape index (κ2) is 8.52. The van der Waals surface area contributed by atoms with E-state index in [4.69, 9.17) is 4.74 Å². The monoisotopic (exact) mass is 286 g/mol. The average Bonchev–Trinajstić information content (AvgIpc) is 2.39. The van der Waals surface area contributed by atoms with E-state index in [0.717, 1.165) is 12.8 Å². The molecule has 0 aromatic rings. The molecule has 2 amide bonds. The first-order valence-electron chi connectivity index (χ1n) is 6.95. The Morgan fingerprint density at radius 2 is 1.85 bits per heavy atom. The van der Waals surface area contributed by atoms with Crippen LogP contribution in [-0.4, -0.2) is 55.2 Å². The Balaban J connectivity index is 2.51. The number of imide groups is 1. The molecule has 1 fully saturated rings. The third-order valence-electron chi connectivity index (χ3n) is 3.04. The number of ether oxygens (including phenoxy) is 2. The summed E-state index contributed by atoms with van der Waals surface area (Å²) in [5.74, 6) is -0.782. The standard InChI is InChI=1S/C13H22N2O5/c1-3-19-12(17)10-7-5-6-8-15(10)9-11(16)14-13(18)20-4-2/h10H,3-9H2,1-2H3,(H,14,16,18). The normalized spacial score (nSPS) is 19.2. The number of nitrogens with one attached hydrogen (secondary N) is 1. The van der Waals surface area contributed by atoms with Crippen molar-refractivity contribution in [1.82, 2.24) is 10.2 Å². The first kappa shape index (κ1) is 16.4. The van der Waals surface area contributed by atoms with Crippen LogP contribution in [0.25, 0.3) is 0 Å². The molecule has 1 saturated heterocycles. The number of carbonyl (C=O) groups is 3. The van der Waals surface area contributed by atoms with Gasteiger partial charge in [-0.2, -0.15) is 0 Å². The smallest absolute Gasteiger partial charge is 0.413 e. The zero-order chi connectivity index (χ0) is 15.0. The molecule has 1 aliphatic rings. The summed E-state index contributed by atoms with van der Waals surface area (Å²) < 4.78 is 9.64. The number of hydrogen-bond donors (Lipinski definition) is 1. The quantitative estimate of drug-likeness (QED) is 0.748. The number of esters is 1. The van der Waals surface area contributed by atoms with Crippen LogP contribution in [0.5, 0.6) is 0 Å². The fourth-order valence-corrected chi connectivity index (χ4v) is 2.19. The highest BCUT2D eigenvalue weighted by Crippen LogP contribution is 2.17. The van der Waals surface area contributed by atoms with E-state index in [1.807, 2.05) is 0 Å². The van der Waals surface area contributed by atoms with E-state index in [0.29, 0.717) is 19.6 Å². The van der Waals surface area contributed by atoms with Gasteiger partial charge in [-0.1, -0.05) is 6.42 Å². The van der Waals surface area contributed by atoms with Gasteiger partial charge in [-0.05, 0) is 33.2 Å². The third kappa shape index (κ3) is 5.16. The molecule has 0 radical (unpaired) electrons. The molecule has 0 aromatic heterocycles. The van der Waals surface area contributed by atoms with Gasteiger partial charge in [0.25, 0.3) is 0 Å². The SMILES string of the molecule is CCOC(=O)NC(=O)CN1CCCCC1C(=O)OCC. The van der Waals surface area contributed by atoms with Gasteiger partial charge in [0.15, 0.2) is 0 Å². The maximum absolute atomic E-state index is 11.8. The predicted molar refractivity (Wildman–Crippen MR) is 71.0 cm³/mol. The first-order valence-corrected chi connectivity index (χ1v) is 6.95. The predicted octanol–water partition coefficient (Wildman–Crippen LogP) is 0.677. The van der Waals surface area contributed by atoms with Gasteiger partial charge in [-0.3, -0.25) is 19.8 Å². The van der Waals surface area contributed by atoms with Gasteiger partial charge in [-0.15, -0.1) is 0 Å².